The Bertz CT molecular complexity index is 662. The van der Waals surface area contributed by atoms with E-state index in [1.807, 2.05) is 12.1 Å². The van der Waals surface area contributed by atoms with Crippen molar-refractivity contribution >= 4 is 49.1 Å². The van der Waals surface area contributed by atoms with Crippen molar-refractivity contribution in [2.45, 2.75) is 0 Å². The number of para-hydroxylation sites is 1. The molecule has 1 amide bonds. The number of amides is 1. The minimum absolute atomic E-state index is 0.177. The summed E-state index contributed by atoms with van der Waals surface area (Å²) >= 11 is 6.69. The van der Waals surface area contributed by atoms with Crippen molar-refractivity contribution in [2.75, 3.05) is 17.7 Å². The Labute approximate surface area is 132 Å². The van der Waals surface area contributed by atoms with Crippen LogP contribution in [0.15, 0.2) is 45.3 Å². The number of halogens is 3. The number of carbonyl (C=O) groups is 1. The number of rotatable bonds is 3. The molecular weight excluding hydrogens is 391 g/mol. The maximum absolute atomic E-state index is 13.6. The first-order valence-corrected chi connectivity index (χ1v) is 7.34. The van der Waals surface area contributed by atoms with Gasteiger partial charge in [0.25, 0.3) is 5.91 Å². The fourth-order valence-corrected chi connectivity index (χ4v) is 2.46. The molecule has 0 unspecified atom stereocenters. The maximum Gasteiger partial charge on any atom is 0.257 e. The Morgan fingerprint density at radius 3 is 2.65 bits per heavy atom. The van der Waals surface area contributed by atoms with Gasteiger partial charge in [0, 0.05) is 16.0 Å². The monoisotopic (exact) mass is 400 g/mol. The average Bonchev–Trinajstić information content (AvgIpc) is 2.42. The molecule has 0 radical (unpaired) electrons. The zero-order valence-electron chi connectivity index (χ0n) is 10.5. The van der Waals surface area contributed by atoms with Gasteiger partial charge in [0.15, 0.2) is 0 Å². The summed E-state index contributed by atoms with van der Waals surface area (Å²) in [5, 5.41) is 5.45. The van der Waals surface area contributed by atoms with Crippen molar-refractivity contribution in [3.05, 3.63) is 56.7 Å². The molecule has 20 heavy (non-hydrogen) atoms. The Hall–Kier alpha value is -1.40. The summed E-state index contributed by atoms with van der Waals surface area (Å²) in [5.74, 6) is -0.846. The van der Waals surface area contributed by atoms with E-state index in [0.717, 1.165) is 8.95 Å². The van der Waals surface area contributed by atoms with Crippen LogP contribution >= 0.6 is 31.9 Å². The van der Waals surface area contributed by atoms with Crippen molar-refractivity contribution in [1.82, 2.24) is 0 Å². The van der Waals surface area contributed by atoms with E-state index >= 15 is 0 Å². The number of nitrogens with one attached hydrogen (secondary N) is 2. The SMILES string of the molecule is CNc1c(F)cccc1C(=O)Nc1cc(Br)ccc1Br. The first-order valence-electron chi connectivity index (χ1n) is 5.75. The van der Waals surface area contributed by atoms with Crippen LogP contribution in [0, 0.1) is 5.82 Å². The molecule has 0 aromatic heterocycles. The molecule has 2 aromatic rings. The number of hydrogen-bond donors (Lipinski definition) is 2. The van der Waals surface area contributed by atoms with Gasteiger partial charge in [-0.3, -0.25) is 4.79 Å². The summed E-state index contributed by atoms with van der Waals surface area (Å²) in [7, 11) is 1.57. The van der Waals surface area contributed by atoms with Gasteiger partial charge in [-0.15, -0.1) is 0 Å². The number of hydrogen-bond acceptors (Lipinski definition) is 2. The smallest absolute Gasteiger partial charge is 0.257 e. The first kappa shape index (κ1) is 15.0. The molecule has 104 valence electrons. The molecule has 3 nitrogen and oxygen atoms in total. The van der Waals surface area contributed by atoms with Crippen LogP contribution in [0.3, 0.4) is 0 Å². The van der Waals surface area contributed by atoms with E-state index in [1.165, 1.54) is 12.1 Å². The van der Waals surface area contributed by atoms with E-state index in [1.54, 1.807) is 19.2 Å². The molecule has 0 atom stereocenters. The Balaban J connectivity index is 2.33. The molecule has 0 heterocycles. The highest BCUT2D eigenvalue weighted by atomic mass is 79.9. The molecule has 0 aliphatic heterocycles. The lowest BCUT2D eigenvalue weighted by Gasteiger charge is -2.12. The lowest BCUT2D eigenvalue weighted by atomic mass is 10.1. The molecule has 6 heteroatoms. The van der Waals surface area contributed by atoms with E-state index in [4.69, 9.17) is 0 Å². The summed E-state index contributed by atoms with van der Waals surface area (Å²) in [6.45, 7) is 0. The molecule has 0 aliphatic rings. The van der Waals surface area contributed by atoms with Crippen LogP contribution < -0.4 is 10.6 Å². The molecule has 0 saturated heterocycles. The second-order valence-electron chi connectivity index (χ2n) is 3.99. The first-order chi connectivity index (χ1) is 9.52. The van der Waals surface area contributed by atoms with Gasteiger partial charge >= 0.3 is 0 Å². The topological polar surface area (TPSA) is 41.1 Å². The molecule has 2 N–H and O–H groups in total. The van der Waals surface area contributed by atoms with Gasteiger partial charge in [0.05, 0.1) is 16.9 Å². The molecule has 0 saturated carbocycles. The summed E-state index contributed by atoms with van der Waals surface area (Å²) in [5.41, 5.74) is 1.03. The number of anilines is 2. The van der Waals surface area contributed by atoms with Crippen LogP contribution in [-0.2, 0) is 0 Å². The fraction of sp³-hybridized carbons (Fsp3) is 0.0714. The maximum atomic E-state index is 13.6. The van der Waals surface area contributed by atoms with E-state index in [9.17, 15) is 9.18 Å². The molecule has 2 rings (SSSR count). The third-order valence-corrected chi connectivity index (χ3v) is 3.87. The zero-order chi connectivity index (χ0) is 14.7. The van der Waals surface area contributed by atoms with E-state index in [-0.39, 0.29) is 17.2 Å². The summed E-state index contributed by atoms with van der Waals surface area (Å²) in [6.07, 6.45) is 0. The molecule has 0 aliphatic carbocycles. The minimum Gasteiger partial charge on any atom is -0.385 e. The highest BCUT2D eigenvalue weighted by Crippen LogP contribution is 2.27. The van der Waals surface area contributed by atoms with Gasteiger partial charge in [-0.05, 0) is 46.3 Å². The summed E-state index contributed by atoms with van der Waals surface area (Å²) < 4.78 is 15.2. The molecule has 0 fully saturated rings. The number of benzene rings is 2. The normalized spacial score (nSPS) is 10.2. The average molecular weight is 402 g/mol. The lowest BCUT2D eigenvalue weighted by Crippen LogP contribution is -2.15. The van der Waals surface area contributed by atoms with Crippen LogP contribution in [0.2, 0.25) is 0 Å². The second-order valence-corrected chi connectivity index (χ2v) is 5.76. The molecule has 2 aromatic carbocycles. The van der Waals surface area contributed by atoms with Crippen molar-refractivity contribution in [2.24, 2.45) is 0 Å². The molecule has 0 bridgehead atoms. The van der Waals surface area contributed by atoms with Crippen molar-refractivity contribution in [3.63, 3.8) is 0 Å². The lowest BCUT2D eigenvalue weighted by molar-refractivity contribution is 0.102. The van der Waals surface area contributed by atoms with Crippen LogP contribution in [0.1, 0.15) is 10.4 Å². The highest BCUT2D eigenvalue weighted by Gasteiger charge is 2.15. The van der Waals surface area contributed by atoms with Gasteiger partial charge in [-0.2, -0.15) is 0 Å². The van der Waals surface area contributed by atoms with Crippen LogP contribution in [-0.4, -0.2) is 13.0 Å². The van der Waals surface area contributed by atoms with Gasteiger partial charge in [-0.25, -0.2) is 4.39 Å². The van der Waals surface area contributed by atoms with Crippen LogP contribution in [0.5, 0.6) is 0 Å². The van der Waals surface area contributed by atoms with Gasteiger partial charge in [-0.1, -0.05) is 22.0 Å². The Morgan fingerprint density at radius 2 is 1.95 bits per heavy atom. The predicted octanol–water partition coefficient (Wildman–Crippen LogP) is 4.64. The van der Waals surface area contributed by atoms with Crippen molar-refractivity contribution in [1.29, 1.82) is 0 Å². The van der Waals surface area contributed by atoms with Crippen molar-refractivity contribution in [3.8, 4) is 0 Å². The second kappa shape index (κ2) is 6.37. The fourth-order valence-electron chi connectivity index (χ4n) is 1.75. The van der Waals surface area contributed by atoms with E-state index in [2.05, 4.69) is 42.5 Å². The van der Waals surface area contributed by atoms with Crippen LogP contribution in [0.25, 0.3) is 0 Å². The zero-order valence-corrected chi connectivity index (χ0v) is 13.7. The van der Waals surface area contributed by atoms with Gasteiger partial charge < -0.3 is 10.6 Å². The summed E-state index contributed by atoms with van der Waals surface area (Å²) in [6, 6.07) is 9.79. The molecule has 0 spiro atoms. The number of carbonyl (C=O) groups excluding carboxylic acids is 1. The Morgan fingerprint density at radius 1 is 1.20 bits per heavy atom. The van der Waals surface area contributed by atoms with E-state index < -0.39 is 5.82 Å². The third kappa shape index (κ3) is 3.19. The largest absolute Gasteiger partial charge is 0.385 e. The van der Waals surface area contributed by atoms with E-state index in [0.29, 0.717) is 5.69 Å². The Kier molecular flexibility index (Phi) is 4.77. The minimum atomic E-state index is -0.464. The predicted molar refractivity (Wildman–Crippen MR) is 85.7 cm³/mol. The quantitative estimate of drug-likeness (QED) is 0.786. The molecular formula is C14H11Br2FN2O. The highest BCUT2D eigenvalue weighted by molar-refractivity contribution is 9.11. The summed E-state index contributed by atoms with van der Waals surface area (Å²) in [4.78, 5) is 12.3. The van der Waals surface area contributed by atoms with Gasteiger partial charge in [0.1, 0.15) is 5.82 Å². The van der Waals surface area contributed by atoms with Gasteiger partial charge in [0.2, 0.25) is 0 Å². The standard InChI is InChI=1S/C14H11Br2FN2O/c1-18-13-9(3-2-4-11(13)17)14(20)19-12-7-8(15)5-6-10(12)16/h2-7,18H,1H3,(H,19,20). The van der Waals surface area contributed by atoms with Crippen molar-refractivity contribution < 1.29 is 9.18 Å². The third-order valence-electron chi connectivity index (χ3n) is 2.68. The van der Waals surface area contributed by atoms with Crippen LogP contribution in [0.4, 0.5) is 15.8 Å².